The molecule has 0 radical (unpaired) electrons. The minimum absolute atomic E-state index is 0.0491. The van der Waals surface area contributed by atoms with Gasteiger partial charge in [0.15, 0.2) is 11.6 Å². The van der Waals surface area contributed by atoms with Gasteiger partial charge in [-0.2, -0.15) is 0 Å². The van der Waals surface area contributed by atoms with Crippen molar-refractivity contribution in [3.63, 3.8) is 0 Å². The van der Waals surface area contributed by atoms with Crippen LogP contribution in [-0.2, 0) is 0 Å². The summed E-state index contributed by atoms with van der Waals surface area (Å²) in [6.07, 6.45) is 4.13. The fraction of sp³-hybridized carbons (Fsp3) is 0. The number of para-hydroxylation sites is 2. The third-order valence-electron chi connectivity index (χ3n) is 2.98. The number of hydrogen-bond donors (Lipinski definition) is 1. The molecule has 0 saturated carbocycles. The average molecular weight is 309 g/mol. The molecule has 0 aliphatic carbocycles. The second-order valence-corrected chi connectivity index (χ2v) is 4.57. The highest BCUT2D eigenvalue weighted by Gasteiger charge is 2.15. The Morgan fingerprint density at radius 1 is 1.04 bits per heavy atom. The van der Waals surface area contributed by atoms with Crippen LogP contribution in [0.25, 0.3) is 0 Å². The molecule has 1 heterocycles. The zero-order chi connectivity index (χ0) is 16.1. The lowest BCUT2D eigenvalue weighted by atomic mass is 10.2. The number of aromatic nitrogens is 2. The SMILES string of the molecule is O=C(Nc1c(F)cccc1Oc1ccccc1)c1cnccn1. The largest absolute Gasteiger partial charge is 0.455 e. The minimum Gasteiger partial charge on any atom is -0.455 e. The van der Waals surface area contributed by atoms with Crippen LogP contribution in [0.15, 0.2) is 67.1 Å². The van der Waals surface area contributed by atoms with Gasteiger partial charge >= 0.3 is 0 Å². The summed E-state index contributed by atoms with van der Waals surface area (Å²) in [5.41, 5.74) is 0.0356. The molecule has 0 fully saturated rings. The van der Waals surface area contributed by atoms with Gasteiger partial charge in [-0.05, 0) is 24.3 Å². The molecule has 0 atom stereocenters. The summed E-state index contributed by atoms with van der Waals surface area (Å²) >= 11 is 0. The van der Waals surface area contributed by atoms with E-state index in [1.165, 1.54) is 30.7 Å². The number of amides is 1. The van der Waals surface area contributed by atoms with Crippen LogP contribution >= 0.6 is 0 Å². The molecule has 0 saturated heterocycles. The van der Waals surface area contributed by atoms with E-state index in [0.717, 1.165) is 0 Å². The smallest absolute Gasteiger partial charge is 0.276 e. The number of nitrogens with zero attached hydrogens (tertiary/aromatic N) is 2. The van der Waals surface area contributed by atoms with Crippen molar-refractivity contribution in [1.29, 1.82) is 0 Å². The fourth-order valence-electron chi connectivity index (χ4n) is 1.92. The van der Waals surface area contributed by atoms with Gasteiger partial charge in [-0.3, -0.25) is 9.78 Å². The number of anilines is 1. The maximum atomic E-state index is 14.1. The molecule has 1 amide bonds. The van der Waals surface area contributed by atoms with E-state index in [0.29, 0.717) is 5.75 Å². The van der Waals surface area contributed by atoms with Gasteiger partial charge in [-0.1, -0.05) is 24.3 Å². The molecule has 3 rings (SSSR count). The fourth-order valence-corrected chi connectivity index (χ4v) is 1.92. The van der Waals surface area contributed by atoms with Crippen molar-refractivity contribution in [3.05, 3.63) is 78.6 Å². The highest BCUT2D eigenvalue weighted by molar-refractivity contribution is 6.03. The monoisotopic (exact) mass is 309 g/mol. The Kier molecular flexibility index (Phi) is 4.24. The molecule has 2 aromatic carbocycles. The lowest BCUT2D eigenvalue weighted by Gasteiger charge is -2.12. The maximum absolute atomic E-state index is 14.1. The first-order chi connectivity index (χ1) is 11.2. The number of rotatable bonds is 4. The molecule has 3 aromatic rings. The molecule has 23 heavy (non-hydrogen) atoms. The Morgan fingerprint density at radius 2 is 1.87 bits per heavy atom. The summed E-state index contributed by atoms with van der Waals surface area (Å²) in [4.78, 5) is 19.8. The summed E-state index contributed by atoms with van der Waals surface area (Å²) in [5.74, 6) is -0.432. The molecule has 0 bridgehead atoms. The molecular formula is C17H12FN3O2. The van der Waals surface area contributed by atoms with Gasteiger partial charge in [0, 0.05) is 12.4 Å². The number of carbonyl (C=O) groups is 1. The lowest BCUT2D eigenvalue weighted by Crippen LogP contribution is -2.15. The Hall–Kier alpha value is -3.28. The maximum Gasteiger partial charge on any atom is 0.276 e. The Balaban J connectivity index is 1.88. The number of benzene rings is 2. The van der Waals surface area contributed by atoms with E-state index >= 15 is 0 Å². The van der Waals surface area contributed by atoms with Gasteiger partial charge in [-0.15, -0.1) is 0 Å². The molecule has 0 unspecified atom stereocenters. The highest BCUT2D eigenvalue weighted by atomic mass is 19.1. The second kappa shape index (κ2) is 6.65. The van der Waals surface area contributed by atoms with Crippen LogP contribution in [0.1, 0.15) is 10.5 Å². The van der Waals surface area contributed by atoms with E-state index in [9.17, 15) is 9.18 Å². The third-order valence-corrected chi connectivity index (χ3v) is 2.98. The van der Waals surface area contributed by atoms with Gasteiger partial charge in [0.2, 0.25) is 0 Å². The number of carbonyl (C=O) groups excluding carboxylic acids is 1. The van der Waals surface area contributed by atoms with E-state index < -0.39 is 11.7 Å². The summed E-state index contributed by atoms with van der Waals surface area (Å²) in [5, 5.41) is 2.47. The van der Waals surface area contributed by atoms with E-state index in [1.807, 2.05) is 6.07 Å². The Labute approximate surface area is 131 Å². The molecule has 0 aliphatic heterocycles. The molecule has 114 valence electrons. The van der Waals surface area contributed by atoms with Gasteiger partial charge in [-0.25, -0.2) is 9.37 Å². The summed E-state index contributed by atoms with van der Waals surface area (Å²) < 4.78 is 19.7. The number of nitrogens with one attached hydrogen (secondary N) is 1. The number of halogens is 1. The quantitative estimate of drug-likeness (QED) is 0.799. The number of ether oxygens (including phenoxy) is 1. The zero-order valence-electron chi connectivity index (χ0n) is 11.9. The summed E-state index contributed by atoms with van der Waals surface area (Å²) in [6, 6.07) is 13.2. The van der Waals surface area contributed by atoms with E-state index in [-0.39, 0.29) is 17.1 Å². The van der Waals surface area contributed by atoms with Crippen LogP contribution in [0.5, 0.6) is 11.5 Å². The standard InChI is InChI=1S/C17H12FN3O2/c18-13-7-4-8-15(23-12-5-2-1-3-6-12)16(13)21-17(22)14-11-19-9-10-20-14/h1-11H,(H,21,22). The zero-order valence-corrected chi connectivity index (χ0v) is 11.9. The average Bonchev–Trinajstić information content (AvgIpc) is 2.59. The molecular weight excluding hydrogens is 297 g/mol. The third kappa shape index (κ3) is 3.49. The Morgan fingerprint density at radius 3 is 2.61 bits per heavy atom. The predicted octanol–water partition coefficient (Wildman–Crippen LogP) is 3.66. The molecule has 1 aromatic heterocycles. The van der Waals surface area contributed by atoms with E-state index in [1.54, 1.807) is 30.3 Å². The van der Waals surface area contributed by atoms with E-state index in [2.05, 4.69) is 15.3 Å². The van der Waals surface area contributed by atoms with Gasteiger partial charge < -0.3 is 10.1 Å². The molecule has 1 N–H and O–H groups in total. The van der Waals surface area contributed by atoms with Crippen LogP contribution < -0.4 is 10.1 Å². The molecule has 5 nitrogen and oxygen atoms in total. The summed E-state index contributed by atoms with van der Waals surface area (Å²) in [7, 11) is 0. The first-order valence-corrected chi connectivity index (χ1v) is 6.83. The van der Waals surface area contributed by atoms with Crippen molar-refractivity contribution in [2.24, 2.45) is 0 Å². The predicted molar refractivity (Wildman–Crippen MR) is 82.9 cm³/mol. The first-order valence-electron chi connectivity index (χ1n) is 6.83. The first kappa shape index (κ1) is 14.6. The molecule has 0 spiro atoms. The summed E-state index contributed by atoms with van der Waals surface area (Å²) in [6.45, 7) is 0. The van der Waals surface area contributed by atoms with Crippen LogP contribution in [0.2, 0.25) is 0 Å². The Bertz CT molecular complexity index is 811. The van der Waals surface area contributed by atoms with Crippen molar-refractivity contribution >= 4 is 11.6 Å². The normalized spacial score (nSPS) is 10.1. The van der Waals surface area contributed by atoms with Crippen molar-refractivity contribution in [2.75, 3.05) is 5.32 Å². The second-order valence-electron chi connectivity index (χ2n) is 4.57. The van der Waals surface area contributed by atoms with Crippen LogP contribution in [0, 0.1) is 5.82 Å². The lowest BCUT2D eigenvalue weighted by molar-refractivity contribution is 0.102. The number of hydrogen-bond acceptors (Lipinski definition) is 4. The van der Waals surface area contributed by atoms with Gasteiger partial charge in [0.25, 0.3) is 5.91 Å². The van der Waals surface area contributed by atoms with Crippen molar-refractivity contribution < 1.29 is 13.9 Å². The van der Waals surface area contributed by atoms with Crippen LogP contribution in [0.4, 0.5) is 10.1 Å². The van der Waals surface area contributed by atoms with Crippen LogP contribution in [0.3, 0.4) is 0 Å². The highest BCUT2D eigenvalue weighted by Crippen LogP contribution is 2.31. The topological polar surface area (TPSA) is 64.1 Å². The van der Waals surface area contributed by atoms with Crippen LogP contribution in [-0.4, -0.2) is 15.9 Å². The van der Waals surface area contributed by atoms with E-state index in [4.69, 9.17) is 4.74 Å². The molecule has 6 heteroatoms. The van der Waals surface area contributed by atoms with Crippen molar-refractivity contribution in [1.82, 2.24) is 9.97 Å². The molecule has 0 aliphatic rings. The minimum atomic E-state index is -0.601. The van der Waals surface area contributed by atoms with Gasteiger partial charge in [0.1, 0.15) is 17.1 Å². The van der Waals surface area contributed by atoms with Crippen molar-refractivity contribution in [3.8, 4) is 11.5 Å². The van der Waals surface area contributed by atoms with Crippen molar-refractivity contribution in [2.45, 2.75) is 0 Å². The van der Waals surface area contributed by atoms with Gasteiger partial charge in [0.05, 0.1) is 6.20 Å².